The van der Waals surface area contributed by atoms with Crippen LogP contribution in [0.1, 0.15) is 19.4 Å². The minimum absolute atomic E-state index is 0.0930. The van der Waals surface area contributed by atoms with Crippen LogP contribution in [0.3, 0.4) is 0 Å². The van der Waals surface area contributed by atoms with Crippen molar-refractivity contribution in [2.75, 3.05) is 13.2 Å². The number of rotatable bonds is 8. The van der Waals surface area contributed by atoms with Crippen LogP contribution in [0.2, 0.25) is 0 Å². The Labute approximate surface area is 135 Å². The molecule has 0 aliphatic rings. The van der Waals surface area contributed by atoms with Crippen LogP contribution in [0.15, 0.2) is 30.3 Å². The zero-order chi connectivity index (χ0) is 17.2. The van der Waals surface area contributed by atoms with Gasteiger partial charge in [0.2, 0.25) is 0 Å². The third kappa shape index (κ3) is 7.12. The van der Waals surface area contributed by atoms with Crippen molar-refractivity contribution in [1.29, 1.82) is 0 Å². The predicted molar refractivity (Wildman–Crippen MR) is 82.4 cm³/mol. The summed E-state index contributed by atoms with van der Waals surface area (Å²) in [5.41, 5.74) is 0.831. The number of alkyl carbamates (subject to hydrolysis) is 1. The molecule has 0 fully saturated rings. The van der Waals surface area contributed by atoms with Gasteiger partial charge in [0.15, 0.2) is 0 Å². The molecule has 1 rings (SSSR count). The van der Waals surface area contributed by atoms with Crippen molar-refractivity contribution in [2.24, 2.45) is 5.92 Å². The van der Waals surface area contributed by atoms with E-state index in [1.54, 1.807) is 13.8 Å². The molecule has 0 radical (unpaired) electrons. The zero-order valence-corrected chi connectivity index (χ0v) is 13.3. The van der Waals surface area contributed by atoms with Crippen LogP contribution >= 0.6 is 0 Å². The molecule has 23 heavy (non-hydrogen) atoms. The van der Waals surface area contributed by atoms with Crippen molar-refractivity contribution in [2.45, 2.75) is 32.6 Å². The van der Waals surface area contributed by atoms with E-state index < -0.39 is 30.8 Å². The first-order chi connectivity index (χ1) is 10.9. The van der Waals surface area contributed by atoms with Gasteiger partial charge in [-0.3, -0.25) is 0 Å². The summed E-state index contributed by atoms with van der Waals surface area (Å²) in [5, 5.41) is 20.3. The topological polar surface area (TPSA) is 105 Å². The van der Waals surface area contributed by atoms with Crippen LogP contribution in [0, 0.1) is 5.92 Å². The normalized spacial score (nSPS) is 13.3. The summed E-state index contributed by atoms with van der Waals surface area (Å²) in [4.78, 5) is 23.7. The fourth-order valence-corrected chi connectivity index (χ4v) is 1.71. The fourth-order valence-electron chi connectivity index (χ4n) is 1.71. The van der Waals surface area contributed by atoms with E-state index in [4.69, 9.17) is 14.6 Å². The number of aliphatic hydroxyl groups excluding tert-OH is 2. The van der Waals surface area contributed by atoms with Gasteiger partial charge in [-0.1, -0.05) is 44.2 Å². The number of benzene rings is 1. The Morgan fingerprint density at radius 2 is 1.83 bits per heavy atom. The summed E-state index contributed by atoms with van der Waals surface area (Å²) in [6.07, 6.45) is -1.87. The maximum atomic E-state index is 11.9. The molecule has 1 aromatic rings. The summed E-state index contributed by atoms with van der Waals surface area (Å²) in [6, 6.07) is 8.25. The van der Waals surface area contributed by atoms with Crippen LogP contribution in [0.25, 0.3) is 0 Å². The van der Waals surface area contributed by atoms with Gasteiger partial charge in [0.25, 0.3) is 0 Å². The van der Waals surface area contributed by atoms with Crippen LogP contribution in [0.4, 0.5) is 4.79 Å². The van der Waals surface area contributed by atoms with Gasteiger partial charge in [0, 0.05) is 0 Å². The second-order valence-electron chi connectivity index (χ2n) is 5.39. The third-order valence-electron chi connectivity index (χ3n) is 3.04. The smallest absolute Gasteiger partial charge is 0.408 e. The van der Waals surface area contributed by atoms with E-state index in [2.05, 4.69) is 5.32 Å². The fraction of sp³-hybridized carbons (Fsp3) is 0.500. The molecule has 0 aliphatic carbocycles. The Morgan fingerprint density at radius 1 is 1.17 bits per heavy atom. The summed E-state index contributed by atoms with van der Waals surface area (Å²) in [6.45, 7) is 2.74. The van der Waals surface area contributed by atoms with Crippen LogP contribution in [-0.2, 0) is 20.9 Å². The van der Waals surface area contributed by atoms with Gasteiger partial charge in [0.1, 0.15) is 25.4 Å². The molecule has 0 spiro atoms. The first kappa shape index (κ1) is 18.9. The van der Waals surface area contributed by atoms with E-state index in [0.717, 1.165) is 5.56 Å². The molecular weight excluding hydrogens is 302 g/mol. The number of carbonyl (C=O) groups is 2. The molecule has 0 bridgehead atoms. The van der Waals surface area contributed by atoms with Crippen molar-refractivity contribution < 1.29 is 29.3 Å². The minimum Gasteiger partial charge on any atom is -0.461 e. The molecule has 7 nitrogen and oxygen atoms in total. The standard InChI is InChI=1S/C16H23NO6/c1-11(2)14(15(20)22-10-13(19)8-18)17-16(21)23-9-12-6-4-3-5-7-12/h3-7,11,13-14,18-19H,8-10H2,1-2H3,(H,17,21). The summed E-state index contributed by atoms with van der Waals surface area (Å²) < 4.78 is 9.92. The van der Waals surface area contributed by atoms with Crippen molar-refractivity contribution in [1.82, 2.24) is 5.32 Å². The number of ether oxygens (including phenoxy) is 2. The molecule has 128 valence electrons. The number of nitrogens with one attached hydrogen (secondary N) is 1. The van der Waals surface area contributed by atoms with E-state index in [0.29, 0.717) is 0 Å². The maximum Gasteiger partial charge on any atom is 0.408 e. The van der Waals surface area contributed by atoms with Gasteiger partial charge in [-0.25, -0.2) is 9.59 Å². The Kier molecular flexibility index (Phi) is 8.07. The second kappa shape index (κ2) is 9.81. The highest BCUT2D eigenvalue weighted by Gasteiger charge is 2.26. The molecule has 0 saturated carbocycles. The van der Waals surface area contributed by atoms with Crippen molar-refractivity contribution >= 4 is 12.1 Å². The summed E-state index contributed by atoms with van der Waals surface area (Å²) in [7, 11) is 0. The zero-order valence-electron chi connectivity index (χ0n) is 13.3. The quantitative estimate of drug-likeness (QED) is 0.612. The second-order valence-corrected chi connectivity index (χ2v) is 5.39. The van der Waals surface area contributed by atoms with Crippen molar-refractivity contribution in [3.63, 3.8) is 0 Å². The Bertz CT molecular complexity index is 491. The lowest BCUT2D eigenvalue weighted by atomic mass is 10.1. The van der Waals surface area contributed by atoms with E-state index >= 15 is 0 Å². The Hall–Kier alpha value is -2.12. The summed E-state index contributed by atoms with van der Waals surface area (Å²) in [5.74, 6) is -0.915. The van der Waals surface area contributed by atoms with Gasteiger partial charge >= 0.3 is 12.1 Å². The number of esters is 1. The Morgan fingerprint density at radius 3 is 2.39 bits per heavy atom. The molecule has 7 heteroatoms. The molecule has 0 heterocycles. The molecule has 2 unspecified atom stereocenters. The van der Waals surface area contributed by atoms with Crippen LogP contribution in [-0.4, -0.2) is 47.6 Å². The molecule has 0 saturated heterocycles. The minimum atomic E-state index is -1.14. The van der Waals surface area contributed by atoms with Crippen LogP contribution in [0.5, 0.6) is 0 Å². The molecular formula is C16H23NO6. The highest BCUT2D eigenvalue weighted by atomic mass is 16.6. The van der Waals surface area contributed by atoms with Crippen molar-refractivity contribution in [3.8, 4) is 0 Å². The van der Waals surface area contributed by atoms with Gasteiger partial charge in [-0.05, 0) is 11.5 Å². The highest BCUT2D eigenvalue weighted by molar-refractivity contribution is 5.81. The molecule has 2 atom stereocenters. The lowest BCUT2D eigenvalue weighted by molar-refractivity contribution is -0.150. The van der Waals surface area contributed by atoms with E-state index in [1.165, 1.54) is 0 Å². The number of amides is 1. The third-order valence-corrected chi connectivity index (χ3v) is 3.04. The van der Waals surface area contributed by atoms with Gasteiger partial charge < -0.3 is 25.0 Å². The predicted octanol–water partition coefficient (Wildman–Crippen LogP) is 0.834. The van der Waals surface area contributed by atoms with E-state index in [-0.39, 0.29) is 19.1 Å². The Balaban J connectivity index is 2.47. The summed E-state index contributed by atoms with van der Waals surface area (Å²) >= 11 is 0. The number of hydrogen-bond donors (Lipinski definition) is 3. The first-order valence-electron chi connectivity index (χ1n) is 7.36. The molecule has 3 N–H and O–H groups in total. The molecule has 1 aromatic carbocycles. The van der Waals surface area contributed by atoms with E-state index in [1.807, 2.05) is 30.3 Å². The highest BCUT2D eigenvalue weighted by Crippen LogP contribution is 2.06. The lowest BCUT2D eigenvalue weighted by Crippen LogP contribution is -2.46. The monoisotopic (exact) mass is 325 g/mol. The number of aliphatic hydroxyl groups is 2. The first-order valence-corrected chi connectivity index (χ1v) is 7.36. The largest absolute Gasteiger partial charge is 0.461 e. The maximum absolute atomic E-state index is 11.9. The van der Waals surface area contributed by atoms with Gasteiger partial charge in [-0.15, -0.1) is 0 Å². The SMILES string of the molecule is CC(C)C(NC(=O)OCc1ccccc1)C(=O)OCC(O)CO. The van der Waals surface area contributed by atoms with Crippen LogP contribution < -0.4 is 5.32 Å². The van der Waals surface area contributed by atoms with Gasteiger partial charge in [-0.2, -0.15) is 0 Å². The lowest BCUT2D eigenvalue weighted by Gasteiger charge is -2.21. The number of hydrogen-bond acceptors (Lipinski definition) is 6. The van der Waals surface area contributed by atoms with Gasteiger partial charge in [0.05, 0.1) is 6.61 Å². The van der Waals surface area contributed by atoms with E-state index in [9.17, 15) is 14.7 Å². The molecule has 0 aromatic heterocycles. The average molecular weight is 325 g/mol. The number of carbonyl (C=O) groups excluding carboxylic acids is 2. The van der Waals surface area contributed by atoms with Crippen molar-refractivity contribution in [3.05, 3.63) is 35.9 Å². The molecule has 1 amide bonds. The molecule has 0 aliphatic heterocycles. The average Bonchev–Trinajstić information content (AvgIpc) is 2.55.